The summed E-state index contributed by atoms with van der Waals surface area (Å²) in [5.74, 6) is -0.118. The van der Waals surface area contributed by atoms with E-state index >= 15 is 0 Å². The van der Waals surface area contributed by atoms with Crippen LogP contribution in [0.3, 0.4) is 0 Å². The molecule has 4 amide bonds. The minimum Gasteiger partial charge on any atom is -0.341 e. The van der Waals surface area contributed by atoms with Crippen LogP contribution in [0.4, 0.5) is 4.79 Å². The Labute approximate surface area is 210 Å². The number of nitrogens with one attached hydrogen (secondary N) is 1. The molecule has 3 aliphatic rings. The maximum atomic E-state index is 13.9. The van der Waals surface area contributed by atoms with E-state index in [-0.39, 0.29) is 29.8 Å². The molecule has 3 fully saturated rings. The van der Waals surface area contributed by atoms with Gasteiger partial charge in [0.2, 0.25) is 5.91 Å². The summed E-state index contributed by atoms with van der Waals surface area (Å²) < 4.78 is 0. The summed E-state index contributed by atoms with van der Waals surface area (Å²) in [7, 11) is 2.03. The monoisotopic (exact) mass is 495 g/mol. The van der Waals surface area contributed by atoms with Gasteiger partial charge in [0, 0.05) is 42.5 Å². The lowest BCUT2D eigenvalue weighted by Crippen LogP contribution is -2.56. The van der Waals surface area contributed by atoms with Crippen LogP contribution in [0.2, 0.25) is 0 Å². The molecule has 1 N–H and O–H groups in total. The maximum absolute atomic E-state index is 13.9. The molecule has 0 radical (unpaired) electrons. The standard InChI is InChI=1S/C26H33N5O3S/c1-29-13-3-2-8-22(29)23(32)30-14-9-19(10-15-30)26(20-6-4-12-27-18-20)24(33)31(25(34)28-26)16-11-21-7-5-17-35-21/h4-7,12,17-19,22H,2-3,8-11,13-16H2,1H3,(H,28,34). The fourth-order valence-electron chi connectivity index (χ4n) is 5.91. The maximum Gasteiger partial charge on any atom is 0.325 e. The van der Waals surface area contributed by atoms with Gasteiger partial charge in [-0.15, -0.1) is 11.3 Å². The van der Waals surface area contributed by atoms with Crippen molar-refractivity contribution >= 4 is 29.2 Å². The number of hydrogen-bond donors (Lipinski definition) is 1. The molecule has 2 aromatic heterocycles. The van der Waals surface area contributed by atoms with E-state index in [9.17, 15) is 14.4 Å². The lowest BCUT2D eigenvalue weighted by atomic mass is 9.73. The number of urea groups is 1. The molecule has 2 aromatic rings. The molecule has 3 saturated heterocycles. The van der Waals surface area contributed by atoms with Crippen LogP contribution in [-0.4, -0.2) is 76.8 Å². The third-order valence-corrected chi connectivity index (χ3v) is 8.82. The van der Waals surface area contributed by atoms with Crippen LogP contribution < -0.4 is 5.32 Å². The van der Waals surface area contributed by atoms with Gasteiger partial charge >= 0.3 is 6.03 Å². The average Bonchev–Trinajstić information content (AvgIpc) is 3.50. The number of likely N-dealkylation sites (tertiary alicyclic amines) is 2. The lowest BCUT2D eigenvalue weighted by Gasteiger charge is -2.43. The largest absolute Gasteiger partial charge is 0.341 e. The van der Waals surface area contributed by atoms with E-state index in [0.717, 1.165) is 30.7 Å². The number of carbonyl (C=O) groups is 3. The highest BCUT2D eigenvalue weighted by atomic mass is 32.1. The first-order chi connectivity index (χ1) is 17.0. The number of carbonyl (C=O) groups excluding carboxylic acids is 3. The second-order valence-electron chi connectivity index (χ2n) is 9.86. The molecule has 9 heteroatoms. The van der Waals surface area contributed by atoms with Crippen LogP contribution in [-0.2, 0) is 21.5 Å². The smallest absolute Gasteiger partial charge is 0.325 e. The highest BCUT2D eigenvalue weighted by Crippen LogP contribution is 2.41. The van der Waals surface area contributed by atoms with Crippen molar-refractivity contribution in [2.24, 2.45) is 5.92 Å². The normalized spacial score (nSPS) is 26.3. The Bertz CT molecular complexity index is 1050. The summed E-state index contributed by atoms with van der Waals surface area (Å²) >= 11 is 1.63. The van der Waals surface area contributed by atoms with Crippen LogP contribution in [0.25, 0.3) is 0 Å². The number of likely N-dealkylation sites (N-methyl/N-ethyl adjacent to an activating group) is 1. The van der Waals surface area contributed by atoms with Crippen LogP contribution in [0.15, 0.2) is 42.0 Å². The average molecular weight is 496 g/mol. The number of pyridine rings is 1. The van der Waals surface area contributed by atoms with Crippen LogP contribution in [0, 0.1) is 5.92 Å². The van der Waals surface area contributed by atoms with Crippen molar-refractivity contribution in [1.82, 2.24) is 25.0 Å². The first kappa shape index (κ1) is 23.9. The zero-order valence-corrected chi connectivity index (χ0v) is 21.0. The van der Waals surface area contributed by atoms with Gasteiger partial charge < -0.3 is 10.2 Å². The van der Waals surface area contributed by atoms with E-state index in [0.29, 0.717) is 44.5 Å². The predicted molar refractivity (Wildman–Crippen MR) is 134 cm³/mol. The third kappa shape index (κ3) is 4.47. The molecule has 0 aromatic carbocycles. The third-order valence-electron chi connectivity index (χ3n) is 7.89. The topological polar surface area (TPSA) is 85.8 Å². The summed E-state index contributed by atoms with van der Waals surface area (Å²) in [6.45, 7) is 2.49. The molecular weight excluding hydrogens is 462 g/mol. The molecule has 0 saturated carbocycles. The molecular formula is C26H33N5O3S. The van der Waals surface area contributed by atoms with E-state index in [1.165, 1.54) is 4.90 Å². The zero-order valence-electron chi connectivity index (χ0n) is 20.2. The minimum absolute atomic E-state index is 0.0480. The van der Waals surface area contributed by atoms with Crippen molar-refractivity contribution in [2.75, 3.05) is 33.2 Å². The summed E-state index contributed by atoms with van der Waals surface area (Å²) in [4.78, 5) is 51.2. The fraction of sp³-hybridized carbons (Fsp3) is 0.538. The molecule has 0 bridgehead atoms. The minimum atomic E-state index is -1.14. The first-order valence-electron chi connectivity index (χ1n) is 12.6. The Balaban J connectivity index is 1.34. The van der Waals surface area contributed by atoms with Gasteiger partial charge in [-0.3, -0.25) is 24.4 Å². The Morgan fingerprint density at radius 1 is 1.14 bits per heavy atom. The highest BCUT2D eigenvalue weighted by Gasteiger charge is 2.57. The highest BCUT2D eigenvalue weighted by molar-refractivity contribution is 7.09. The van der Waals surface area contributed by atoms with Crippen LogP contribution in [0.1, 0.15) is 42.5 Å². The molecule has 186 valence electrons. The van der Waals surface area contributed by atoms with Crippen molar-refractivity contribution in [3.63, 3.8) is 0 Å². The second kappa shape index (κ2) is 10.1. The van der Waals surface area contributed by atoms with Gasteiger partial charge in [0.05, 0.1) is 6.04 Å². The summed E-state index contributed by atoms with van der Waals surface area (Å²) in [5.41, 5.74) is -0.425. The number of hydrogen-bond acceptors (Lipinski definition) is 6. The van der Waals surface area contributed by atoms with Gasteiger partial charge in [0.25, 0.3) is 5.91 Å². The number of imide groups is 1. The van der Waals surface area contributed by atoms with Crippen LogP contribution in [0.5, 0.6) is 0 Å². The molecule has 2 atom stereocenters. The van der Waals surface area contributed by atoms with Crippen molar-refractivity contribution < 1.29 is 14.4 Å². The number of aromatic nitrogens is 1. The Kier molecular flexibility index (Phi) is 6.88. The molecule has 0 aliphatic carbocycles. The van der Waals surface area contributed by atoms with Gasteiger partial charge in [-0.05, 0) is 69.1 Å². The molecule has 5 rings (SSSR count). The first-order valence-corrected chi connectivity index (χ1v) is 13.4. The number of thiophene rings is 1. The van der Waals surface area contributed by atoms with Gasteiger partial charge in [0.1, 0.15) is 0 Å². The summed E-state index contributed by atoms with van der Waals surface area (Å²) in [5, 5.41) is 5.09. The number of nitrogens with zero attached hydrogens (tertiary/aromatic N) is 4. The SMILES string of the molecule is CN1CCCCC1C(=O)N1CCC(C2(c3cccnc3)NC(=O)N(CCc3cccs3)C2=O)CC1. The van der Waals surface area contributed by atoms with Crippen molar-refractivity contribution in [2.45, 2.75) is 50.1 Å². The van der Waals surface area contributed by atoms with Gasteiger partial charge in [-0.25, -0.2) is 4.79 Å². The second-order valence-corrected chi connectivity index (χ2v) is 10.9. The Hall–Kier alpha value is -2.78. The molecule has 0 spiro atoms. The number of rotatable bonds is 6. The van der Waals surface area contributed by atoms with E-state index < -0.39 is 5.54 Å². The quantitative estimate of drug-likeness (QED) is 0.623. The van der Waals surface area contributed by atoms with Gasteiger partial charge in [-0.2, -0.15) is 0 Å². The molecule has 8 nitrogen and oxygen atoms in total. The molecule has 3 aliphatic heterocycles. The molecule has 2 unspecified atom stereocenters. The van der Waals surface area contributed by atoms with Gasteiger partial charge in [-0.1, -0.05) is 18.6 Å². The Morgan fingerprint density at radius 3 is 2.66 bits per heavy atom. The molecule has 35 heavy (non-hydrogen) atoms. The molecule has 5 heterocycles. The summed E-state index contributed by atoms with van der Waals surface area (Å²) in [6.07, 6.45) is 8.45. The van der Waals surface area contributed by atoms with Crippen molar-refractivity contribution in [1.29, 1.82) is 0 Å². The van der Waals surface area contributed by atoms with E-state index in [1.807, 2.05) is 41.6 Å². The van der Waals surface area contributed by atoms with E-state index in [4.69, 9.17) is 0 Å². The van der Waals surface area contributed by atoms with E-state index in [1.54, 1.807) is 23.7 Å². The van der Waals surface area contributed by atoms with Crippen molar-refractivity contribution in [3.8, 4) is 0 Å². The van der Waals surface area contributed by atoms with E-state index in [2.05, 4.69) is 15.2 Å². The van der Waals surface area contributed by atoms with Crippen molar-refractivity contribution in [3.05, 3.63) is 52.5 Å². The summed E-state index contributed by atoms with van der Waals surface area (Å²) in [6, 6.07) is 7.29. The number of piperidine rings is 2. The van der Waals surface area contributed by atoms with Gasteiger partial charge in [0.15, 0.2) is 5.54 Å². The Morgan fingerprint density at radius 2 is 1.97 bits per heavy atom. The lowest BCUT2D eigenvalue weighted by molar-refractivity contribution is -0.140. The number of amides is 4. The zero-order chi connectivity index (χ0) is 24.4. The predicted octanol–water partition coefficient (Wildman–Crippen LogP) is 2.86. The fourth-order valence-corrected chi connectivity index (χ4v) is 6.61. The van der Waals surface area contributed by atoms with Crippen LogP contribution >= 0.6 is 11.3 Å².